The van der Waals surface area contributed by atoms with Gasteiger partial charge in [-0.1, -0.05) is 57.2 Å². The summed E-state index contributed by atoms with van der Waals surface area (Å²) in [6, 6.07) is 13.3. The molecule has 2 heterocycles. The van der Waals surface area contributed by atoms with Crippen LogP contribution in [0.3, 0.4) is 0 Å². The lowest BCUT2D eigenvalue weighted by Gasteiger charge is -2.35. The quantitative estimate of drug-likeness (QED) is 0.793. The molecule has 1 N–H and O–H groups in total. The van der Waals surface area contributed by atoms with Gasteiger partial charge in [0.05, 0.1) is 6.04 Å². The van der Waals surface area contributed by atoms with Crippen LogP contribution in [0.4, 0.5) is 0 Å². The highest BCUT2D eigenvalue weighted by molar-refractivity contribution is 7.91. The van der Waals surface area contributed by atoms with Gasteiger partial charge in [-0.05, 0) is 35.3 Å². The molecule has 152 valence electrons. The third-order valence-electron chi connectivity index (χ3n) is 5.20. The zero-order valence-corrected chi connectivity index (χ0v) is 18.2. The van der Waals surface area contributed by atoms with E-state index in [1.165, 1.54) is 15.6 Å². The van der Waals surface area contributed by atoms with Gasteiger partial charge in [0.15, 0.2) is 0 Å². The lowest BCUT2D eigenvalue weighted by molar-refractivity contribution is -0.127. The summed E-state index contributed by atoms with van der Waals surface area (Å²) in [6.45, 7) is 7.09. The fourth-order valence-corrected chi connectivity index (χ4v) is 6.22. The number of carbonyl (C=O) groups excluding carboxylic acids is 1. The van der Waals surface area contributed by atoms with Crippen LogP contribution in [0.2, 0.25) is 0 Å². The first-order chi connectivity index (χ1) is 13.2. The van der Waals surface area contributed by atoms with E-state index in [9.17, 15) is 13.2 Å². The standard InChI is InChI=1S/C21H28N2O3S2/c1-21(2,3)19(16-8-5-4-6-9-16)22-20(24)17-11-13-23(14-12-17)28(25,26)18-10-7-15-27-18/h4-10,15,17,19H,11-14H2,1-3H3,(H,22,24). The fourth-order valence-electron chi connectivity index (χ4n) is 3.60. The van der Waals surface area contributed by atoms with Crippen molar-refractivity contribution in [2.45, 2.75) is 43.9 Å². The number of amides is 1. The van der Waals surface area contributed by atoms with Gasteiger partial charge in [0.2, 0.25) is 5.91 Å². The Balaban J connectivity index is 1.65. The van der Waals surface area contributed by atoms with Gasteiger partial charge in [-0.2, -0.15) is 4.31 Å². The van der Waals surface area contributed by atoms with Crippen LogP contribution in [0, 0.1) is 11.3 Å². The zero-order chi connectivity index (χ0) is 20.4. The minimum Gasteiger partial charge on any atom is -0.349 e. The van der Waals surface area contributed by atoms with Crippen molar-refractivity contribution in [3.63, 3.8) is 0 Å². The van der Waals surface area contributed by atoms with E-state index in [1.54, 1.807) is 17.5 Å². The summed E-state index contributed by atoms with van der Waals surface area (Å²) in [5.41, 5.74) is 0.960. The molecule has 7 heteroatoms. The van der Waals surface area contributed by atoms with E-state index in [1.807, 2.05) is 30.3 Å². The highest BCUT2D eigenvalue weighted by Crippen LogP contribution is 2.34. The number of benzene rings is 1. The normalized spacial score (nSPS) is 18.0. The van der Waals surface area contributed by atoms with Gasteiger partial charge in [0, 0.05) is 19.0 Å². The van der Waals surface area contributed by atoms with Crippen LogP contribution >= 0.6 is 11.3 Å². The van der Waals surface area contributed by atoms with Crippen LogP contribution in [-0.2, 0) is 14.8 Å². The highest BCUT2D eigenvalue weighted by Gasteiger charge is 2.35. The third kappa shape index (κ3) is 4.64. The van der Waals surface area contributed by atoms with Crippen LogP contribution in [0.1, 0.15) is 45.2 Å². The monoisotopic (exact) mass is 420 g/mol. The van der Waals surface area contributed by atoms with Crippen LogP contribution in [-0.4, -0.2) is 31.7 Å². The van der Waals surface area contributed by atoms with Gasteiger partial charge >= 0.3 is 0 Å². The Morgan fingerprint density at radius 2 is 1.75 bits per heavy atom. The number of nitrogens with one attached hydrogen (secondary N) is 1. The maximum Gasteiger partial charge on any atom is 0.252 e. The summed E-state index contributed by atoms with van der Waals surface area (Å²) in [5.74, 6) is -0.153. The molecule has 1 amide bonds. The molecule has 5 nitrogen and oxygen atoms in total. The van der Waals surface area contributed by atoms with Crippen LogP contribution < -0.4 is 5.32 Å². The van der Waals surface area contributed by atoms with E-state index in [-0.39, 0.29) is 23.3 Å². The lowest BCUT2D eigenvalue weighted by Crippen LogP contribution is -2.45. The van der Waals surface area contributed by atoms with Crippen LogP contribution in [0.25, 0.3) is 0 Å². The molecule has 2 aromatic rings. The number of carbonyl (C=O) groups is 1. The second-order valence-electron chi connectivity index (χ2n) is 8.33. The number of thiophene rings is 1. The Bertz CT molecular complexity index is 879. The van der Waals surface area contributed by atoms with Gasteiger partial charge < -0.3 is 5.32 Å². The molecule has 1 aliphatic rings. The molecule has 1 atom stereocenters. The van der Waals surface area contributed by atoms with Gasteiger partial charge in [-0.25, -0.2) is 8.42 Å². The molecule has 0 bridgehead atoms. The Hall–Kier alpha value is -1.70. The maximum atomic E-state index is 12.9. The first-order valence-electron chi connectivity index (χ1n) is 9.58. The van der Waals surface area contributed by atoms with Crippen molar-refractivity contribution in [3.8, 4) is 0 Å². The van der Waals surface area contributed by atoms with E-state index in [4.69, 9.17) is 0 Å². The van der Waals surface area contributed by atoms with Crippen LogP contribution in [0.15, 0.2) is 52.1 Å². The average Bonchev–Trinajstić information content (AvgIpc) is 3.21. The number of hydrogen-bond donors (Lipinski definition) is 1. The van der Waals surface area contributed by atoms with Gasteiger partial charge in [-0.15, -0.1) is 11.3 Å². The smallest absolute Gasteiger partial charge is 0.252 e. The first kappa shape index (κ1) is 21.0. The molecule has 1 aromatic carbocycles. The predicted octanol–water partition coefficient (Wildman–Crippen LogP) is 4.05. The molecule has 0 spiro atoms. The number of rotatable bonds is 5. The van der Waals surface area contributed by atoms with Crippen molar-refractivity contribution in [2.75, 3.05) is 13.1 Å². The largest absolute Gasteiger partial charge is 0.349 e. The van der Waals surface area contributed by atoms with Crippen molar-refractivity contribution in [1.29, 1.82) is 0 Å². The summed E-state index contributed by atoms with van der Waals surface area (Å²) in [4.78, 5) is 12.9. The third-order valence-corrected chi connectivity index (χ3v) is 8.47. The molecule has 0 radical (unpaired) electrons. The van der Waals surface area contributed by atoms with E-state index in [0.29, 0.717) is 30.1 Å². The van der Waals surface area contributed by atoms with E-state index >= 15 is 0 Å². The SMILES string of the molecule is CC(C)(C)C(NC(=O)C1CCN(S(=O)(=O)c2cccs2)CC1)c1ccccc1. The second kappa shape index (κ2) is 8.35. The lowest BCUT2D eigenvalue weighted by atomic mass is 9.81. The van der Waals surface area contributed by atoms with Crippen molar-refractivity contribution in [3.05, 3.63) is 53.4 Å². The molecule has 3 rings (SSSR count). The number of piperidine rings is 1. The molecule has 1 saturated heterocycles. The first-order valence-corrected chi connectivity index (χ1v) is 11.9. The molecule has 0 saturated carbocycles. The molecule has 0 aliphatic carbocycles. The maximum absolute atomic E-state index is 12.9. The predicted molar refractivity (Wildman–Crippen MR) is 113 cm³/mol. The van der Waals surface area contributed by atoms with Crippen molar-refractivity contribution < 1.29 is 13.2 Å². The minimum absolute atomic E-state index is 0.0111. The van der Waals surface area contributed by atoms with Gasteiger partial charge in [0.25, 0.3) is 10.0 Å². The summed E-state index contributed by atoms with van der Waals surface area (Å²) < 4.78 is 27.2. The summed E-state index contributed by atoms with van der Waals surface area (Å²) in [7, 11) is -3.44. The van der Waals surface area contributed by atoms with Crippen molar-refractivity contribution in [1.82, 2.24) is 9.62 Å². The summed E-state index contributed by atoms with van der Waals surface area (Å²) in [6.07, 6.45) is 1.09. The summed E-state index contributed by atoms with van der Waals surface area (Å²) >= 11 is 1.23. The van der Waals surface area contributed by atoms with Gasteiger partial charge in [0.1, 0.15) is 4.21 Å². The van der Waals surface area contributed by atoms with Gasteiger partial charge in [-0.3, -0.25) is 4.79 Å². The molecule has 28 heavy (non-hydrogen) atoms. The average molecular weight is 421 g/mol. The Labute approximate surface area is 171 Å². The molecule has 1 aliphatic heterocycles. The summed E-state index contributed by atoms with van der Waals surface area (Å²) in [5, 5.41) is 4.99. The topological polar surface area (TPSA) is 66.5 Å². The molecular weight excluding hydrogens is 392 g/mol. The van der Waals surface area contributed by atoms with E-state index < -0.39 is 10.0 Å². The van der Waals surface area contributed by atoms with Crippen molar-refractivity contribution in [2.24, 2.45) is 11.3 Å². The number of sulfonamides is 1. The Morgan fingerprint density at radius 1 is 1.11 bits per heavy atom. The van der Waals surface area contributed by atoms with E-state index in [0.717, 1.165) is 5.56 Å². The Kier molecular flexibility index (Phi) is 6.27. The molecule has 1 aromatic heterocycles. The number of hydrogen-bond acceptors (Lipinski definition) is 4. The van der Waals surface area contributed by atoms with Crippen LogP contribution in [0.5, 0.6) is 0 Å². The minimum atomic E-state index is -3.44. The van der Waals surface area contributed by atoms with Crippen molar-refractivity contribution >= 4 is 27.3 Å². The number of nitrogens with zero attached hydrogens (tertiary/aromatic N) is 1. The fraction of sp³-hybridized carbons (Fsp3) is 0.476. The molecular formula is C21H28N2O3S2. The Morgan fingerprint density at radius 3 is 2.29 bits per heavy atom. The second-order valence-corrected chi connectivity index (χ2v) is 11.4. The highest BCUT2D eigenvalue weighted by atomic mass is 32.2. The zero-order valence-electron chi connectivity index (χ0n) is 16.6. The molecule has 1 fully saturated rings. The molecule has 1 unspecified atom stereocenters. The van der Waals surface area contributed by atoms with E-state index in [2.05, 4.69) is 26.1 Å².